The Morgan fingerprint density at radius 1 is 1.26 bits per heavy atom. The minimum atomic E-state index is -3.57. The van der Waals surface area contributed by atoms with Gasteiger partial charge in [-0.1, -0.05) is 25.8 Å². The molecule has 0 atom stereocenters. The van der Waals surface area contributed by atoms with Crippen molar-refractivity contribution in [3.63, 3.8) is 0 Å². The third-order valence-electron chi connectivity index (χ3n) is 3.76. The molecule has 1 N–H and O–H groups in total. The van der Waals surface area contributed by atoms with Gasteiger partial charge in [0, 0.05) is 25.2 Å². The molecule has 1 heterocycles. The summed E-state index contributed by atoms with van der Waals surface area (Å²) in [6.45, 7) is 4.58. The van der Waals surface area contributed by atoms with Crippen molar-refractivity contribution in [1.82, 2.24) is 9.62 Å². The summed E-state index contributed by atoms with van der Waals surface area (Å²) >= 11 is 0. The number of nitrogens with zero attached hydrogens (tertiary/aromatic N) is 1. The summed E-state index contributed by atoms with van der Waals surface area (Å²) in [5.41, 5.74) is 0.392. The zero-order valence-corrected chi connectivity index (χ0v) is 14.3. The van der Waals surface area contributed by atoms with E-state index >= 15 is 0 Å². The fraction of sp³-hybridized carbons (Fsp3) is 0.562. The number of amides is 1. The van der Waals surface area contributed by atoms with E-state index in [1.807, 2.05) is 0 Å². The van der Waals surface area contributed by atoms with Crippen molar-refractivity contribution in [2.45, 2.75) is 31.1 Å². The number of rotatable bonds is 7. The molecule has 1 aliphatic rings. The molecule has 0 saturated carbocycles. The van der Waals surface area contributed by atoms with Crippen molar-refractivity contribution in [2.75, 3.05) is 32.8 Å². The van der Waals surface area contributed by atoms with Crippen molar-refractivity contribution in [3.05, 3.63) is 29.8 Å². The molecule has 1 saturated heterocycles. The van der Waals surface area contributed by atoms with Crippen LogP contribution < -0.4 is 4.72 Å². The molecule has 0 aromatic heterocycles. The first-order valence-corrected chi connectivity index (χ1v) is 9.49. The Bertz CT molecular complexity index is 625. The molecule has 1 aliphatic heterocycles. The lowest BCUT2D eigenvalue weighted by Crippen LogP contribution is -2.40. The predicted molar refractivity (Wildman–Crippen MR) is 87.9 cm³/mol. The third-order valence-corrected chi connectivity index (χ3v) is 5.22. The number of hydrogen-bond donors (Lipinski definition) is 1. The van der Waals surface area contributed by atoms with Crippen LogP contribution in [-0.2, 0) is 14.8 Å². The second-order valence-corrected chi connectivity index (χ2v) is 7.30. The molecule has 1 aromatic rings. The Hall–Kier alpha value is -1.44. The van der Waals surface area contributed by atoms with Crippen molar-refractivity contribution in [3.8, 4) is 0 Å². The molecule has 1 aromatic carbocycles. The summed E-state index contributed by atoms with van der Waals surface area (Å²) in [6.07, 6.45) is 2.82. The first-order chi connectivity index (χ1) is 11.0. The maximum atomic E-state index is 12.4. The van der Waals surface area contributed by atoms with Crippen molar-refractivity contribution >= 4 is 15.9 Å². The van der Waals surface area contributed by atoms with Crippen LogP contribution in [0.1, 0.15) is 36.5 Å². The molecule has 128 valence electrons. The molecule has 0 unspecified atom stereocenters. The number of benzene rings is 1. The van der Waals surface area contributed by atoms with Crippen LogP contribution >= 0.6 is 0 Å². The standard InChI is InChI=1S/C16H24N2O4S/c1-2-3-4-8-17-23(20,21)15-7-5-6-14(13-15)16(19)18-9-11-22-12-10-18/h5-7,13,17H,2-4,8-12H2,1H3. The molecule has 0 aliphatic carbocycles. The van der Waals surface area contributed by atoms with E-state index in [-0.39, 0.29) is 10.8 Å². The average Bonchev–Trinajstić information content (AvgIpc) is 2.59. The van der Waals surface area contributed by atoms with Gasteiger partial charge < -0.3 is 9.64 Å². The van der Waals surface area contributed by atoms with Gasteiger partial charge in [-0.3, -0.25) is 4.79 Å². The van der Waals surface area contributed by atoms with E-state index < -0.39 is 10.0 Å². The maximum absolute atomic E-state index is 12.4. The summed E-state index contributed by atoms with van der Waals surface area (Å²) in [5, 5.41) is 0. The number of hydrogen-bond acceptors (Lipinski definition) is 4. The van der Waals surface area contributed by atoms with E-state index in [1.165, 1.54) is 12.1 Å². The van der Waals surface area contributed by atoms with Crippen LogP contribution in [0.4, 0.5) is 0 Å². The number of sulfonamides is 1. The molecular weight excluding hydrogens is 316 g/mol. The van der Waals surface area contributed by atoms with Gasteiger partial charge in [-0.15, -0.1) is 0 Å². The summed E-state index contributed by atoms with van der Waals surface area (Å²) < 4.78 is 32.4. The minimum absolute atomic E-state index is 0.133. The van der Waals surface area contributed by atoms with E-state index in [4.69, 9.17) is 4.74 Å². The molecule has 23 heavy (non-hydrogen) atoms. The van der Waals surface area contributed by atoms with Gasteiger partial charge in [-0.2, -0.15) is 0 Å². The van der Waals surface area contributed by atoms with Crippen LogP contribution in [0.2, 0.25) is 0 Å². The van der Waals surface area contributed by atoms with E-state index in [0.29, 0.717) is 38.4 Å². The first kappa shape index (κ1) is 17.9. The van der Waals surface area contributed by atoms with Gasteiger partial charge in [0.1, 0.15) is 0 Å². The molecule has 0 bridgehead atoms. The zero-order valence-electron chi connectivity index (χ0n) is 13.5. The monoisotopic (exact) mass is 340 g/mol. The number of carbonyl (C=O) groups excluding carboxylic acids is 1. The van der Waals surface area contributed by atoms with Crippen LogP contribution in [-0.4, -0.2) is 52.1 Å². The number of morpholine rings is 1. The van der Waals surface area contributed by atoms with Crippen LogP contribution in [0.3, 0.4) is 0 Å². The quantitative estimate of drug-likeness (QED) is 0.766. The molecule has 7 heteroatoms. The average molecular weight is 340 g/mol. The molecule has 2 rings (SSSR count). The van der Waals surface area contributed by atoms with Gasteiger partial charge in [0.05, 0.1) is 18.1 Å². The van der Waals surface area contributed by atoms with Gasteiger partial charge in [0.15, 0.2) is 0 Å². The number of ether oxygens (including phenoxy) is 1. The molecule has 1 amide bonds. The Balaban J connectivity index is 2.07. The SMILES string of the molecule is CCCCCNS(=O)(=O)c1cccc(C(=O)N2CCOCC2)c1. The highest BCUT2D eigenvalue weighted by Gasteiger charge is 2.21. The van der Waals surface area contributed by atoms with Crippen LogP contribution in [0, 0.1) is 0 Å². The fourth-order valence-electron chi connectivity index (χ4n) is 2.41. The van der Waals surface area contributed by atoms with Gasteiger partial charge in [0.2, 0.25) is 10.0 Å². The Kier molecular flexibility index (Phi) is 6.56. The highest BCUT2D eigenvalue weighted by molar-refractivity contribution is 7.89. The van der Waals surface area contributed by atoms with Crippen molar-refractivity contribution < 1.29 is 17.9 Å². The zero-order chi connectivity index (χ0) is 16.7. The van der Waals surface area contributed by atoms with Crippen molar-refractivity contribution in [1.29, 1.82) is 0 Å². The lowest BCUT2D eigenvalue weighted by Gasteiger charge is -2.27. The lowest BCUT2D eigenvalue weighted by molar-refractivity contribution is 0.0302. The fourth-order valence-corrected chi connectivity index (χ4v) is 3.53. The summed E-state index contributed by atoms with van der Waals surface area (Å²) in [7, 11) is -3.57. The first-order valence-electron chi connectivity index (χ1n) is 8.01. The van der Waals surface area contributed by atoms with Gasteiger partial charge >= 0.3 is 0 Å². The lowest BCUT2D eigenvalue weighted by atomic mass is 10.2. The second-order valence-electron chi connectivity index (χ2n) is 5.54. The molecule has 0 radical (unpaired) electrons. The summed E-state index contributed by atoms with van der Waals surface area (Å²) in [4.78, 5) is 14.3. The van der Waals surface area contributed by atoms with Gasteiger partial charge in [0.25, 0.3) is 5.91 Å². The summed E-state index contributed by atoms with van der Waals surface area (Å²) in [6, 6.07) is 6.21. The number of nitrogens with one attached hydrogen (secondary N) is 1. The topological polar surface area (TPSA) is 75.7 Å². The molecule has 6 nitrogen and oxygen atoms in total. The largest absolute Gasteiger partial charge is 0.378 e. The van der Waals surface area contributed by atoms with Crippen LogP contribution in [0.25, 0.3) is 0 Å². The molecule has 1 fully saturated rings. The Morgan fingerprint density at radius 3 is 2.70 bits per heavy atom. The van der Waals surface area contributed by atoms with E-state index in [0.717, 1.165) is 19.3 Å². The number of unbranched alkanes of at least 4 members (excludes halogenated alkanes) is 2. The highest BCUT2D eigenvalue weighted by atomic mass is 32.2. The third kappa shape index (κ3) is 5.02. The number of carbonyl (C=O) groups is 1. The van der Waals surface area contributed by atoms with Gasteiger partial charge in [-0.25, -0.2) is 13.1 Å². The second kappa shape index (κ2) is 8.42. The van der Waals surface area contributed by atoms with Gasteiger partial charge in [-0.05, 0) is 24.6 Å². The predicted octanol–water partition coefficient (Wildman–Crippen LogP) is 1.63. The van der Waals surface area contributed by atoms with E-state index in [9.17, 15) is 13.2 Å². The van der Waals surface area contributed by atoms with Crippen LogP contribution in [0.15, 0.2) is 29.2 Å². The normalized spacial score (nSPS) is 15.6. The minimum Gasteiger partial charge on any atom is -0.378 e. The summed E-state index contributed by atoms with van der Waals surface area (Å²) in [5.74, 6) is -0.156. The molecule has 0 spiro atoms. The Labute approximate surface area is 137 Å². The van der Waals surface area contributed by atoms with Crippen LogP contribution in [0.5, 0.6) is 0 Å². The van der Waals surface area contributed by atoms with E-state index in [1.54, 1.807) is 17.0 Å². The highest BCUT2D eigenvalue weighted by Crippen LogP contribution is 2.14. The Morgan fingerprint density at radius 2 is 2.00 bits per heavy atom. The smallest absolute Gasteiger partial charge is 0.254 e. The van der Waals surface area contributed by atoms with E-state index in [2.05, 4.69) is 11.6 Å². The molecular formula is C16H24N2O4S. The maximum Gasteiger partial charge on any atom is 0.254 e. The van der Waals surface area contributed by atoms with Crippen molar-refractivity contribution in [2.24, 2.45) is 0 Å².